The lowest BCUT2D eigenvalue weighted by atomic mass is 10.1. The van der Waals surface area contributed by atoms with Crippen molar-refractivity contribution in [1.29, 1.82) is 0 Å². The van der Waals surface area contributed by atoms with Crippen LogP contribution in [0.2, 0.25) is 5.02 Å². The fraction of sp³-hybridized carbons (Fsp3) is 0.600. The highest BCUT2D eigenvalue weighted by Gasteiger charge is 2.34. The van der Waals surface area contributed by atoms with Gasteiger partial charge in [-0.05, 0) is 44.0 Å². The molecule has 1 aliphatic heterocycles. The normalized spacial score (nSPS) is 19.8. The predicted octanol–water partition coefficient (Wildman–Crippen LogP) is 2.14. The van der Waals surface area contributed by atoms with Gasteiger partial charge in [0, 0.05) is 25.2 Å². The third-order valence-corrected chi connectivity index (χ3v) is 5.96. The van der Waals surface area contributed by atoms with Crippen molar-refractivity contribution in [3.63, 3.8) is 0 Å². The van der Waals surface area contributed by atoms with Crippen LogP contribution >= 0.6 is 24.0 Å². The number of halogens is 2. The van der Waals surface area contributed by atoms with Gasteiger partial charge in [-0.15, -0.1) is 12.4 Å². The van der Waals surface area contributed by atoms with E-state index in [1.807, 2.05) is 6.92 Å². The van der Waals surface area contributed by atoms with Gasteiger partial charge in [-0.25, -0.2) is 8.42 Å². The van der Waals surface area contributed by atoms with Gasteiger partial charge in [-0.1, -0.05) is 11.6 Å². The van der Waals surface area contributed by atoms with E-state index in [1.54, 1.807) is 19.2 Å². The summed E-state index contributed by atoms with van der Waals surface area (Å²) in [6, 6.07) is 4.63. The predicted molar refractivity (Wildman–Crippen MR) is 96.6 cm³/mol. The lowest BCUT2D eigenvalue weighted by Crippen LogP contribution is -2.31. The second-order valence-electron chi connectivity index (χ2n) is 5.73. The van der Waals surface area contributed by atoms with E-state index in [9.17, 15) is 8.42 Å². The number of ether oxygens (including phenoxy) is 2. The Morgan fingerprint density at radius 3 is 2.75 bits per heavy atom. The van der Waals surface area contributed by atoms with Crippen LogP contribution in [0, 0.1) is 5.92 Å². The summed E-state index contributed by atoms with van der Waals surface area (Å²) in [5, 5.41) is 0.352. The molecule has 1 aliphatic rings. The molecule has 1 heterocycles. The largest absolute Gasteiger partial charge is 0.487 e. The molecule has 2 atom stereocenters. The van der Waals surface area contributed by atoms with E-state index in [0.717, 1.165) is 6.42 Å². The van der Waals surface area contributed by atoms with E-state index in [0.29, 0.717) is 31.3 Å². The first-order valence-corrected chi connectivity index (χ1v) is 9.35. The molecule has 138 valence electrons. The molecule has 1 saturated heterocycles. The van der Waals surface area contributed by atoms with Crippen molar-refractivity contribution in [2.75, 3.05) is 33.4 Å². The first-order valence-electron chi connectivity index (χ1n) is 7.53. The van der Waals surface area contributed by atoms with E-state index in [2.05, 4.69) is 0 Å². The highest BCUT2D eigenvalue weighted by atomic mass is 35.5. The molecule has 0 radical (unpaired) electrons. The maximum Gasteiger partial charge on any atom is 0.246 e. The van der Waals surface area contributed by atoms with Crippen LogP contribution in [0.25, 0.3) is 0 Å². The molecule has 0 bridgehead atoms. The van der Waals surface area contributed by atoms with Crippen LogP contribution in [0.3, 0.4) is 0 Å². The summed E-state index contributed by atoms with van der Waals surface area (Å²) in [6.07, 6.45) is 0.498. The van der Waals surface area contributed by atoms with Crippen molar-refractivity contribution >= 4 is 34.0 Å². The summed E-state index contributed by atoms with van der Waals surface area (Å²) in [7, 11) is -2.10. The third-order valence-electron chi connectivity index (χ3n) is 3.84. The molecule has 0 saturated carbocycles. The molecule has 1 aromatic rings. The van der Waals surface area contributed by atoms with Crippen molar-refractivity contribution in [3.8, 4) is 5.75 Å². The second kappa shape index (κ2) is 9.22. The van der Waals surface area contributed by atoms with Crippen molar-refractivity contribution in [1.82, 2.24) is 4.31 Å². The quantitative estimate of drug-likeness (QED) is 0.760. The minimum Gasteiger partial charge on any atom is -0.487 e. The molecule has 0 aromatic heterocycles. The Hall–Kier alpha value is -0.570. The minimum absolute atomic E-state index is 0. The summed E-state index contributed by atoms with van der Waals surface area (Å²) in [5.74, 6) is 0.482. The zero-order valence-electron chi connectivity index (χ0n) is 13.8. The number of rotatable bonds is 7. The Kier molecular flexibility index (Phi) is 8.25. The fourth-order valence-electron chi connectivity index (χ4n) is 2.61. The SMILES string of the molecule is COCC(C)Oc1ccc(Cl)cc1S(=O)(=O)N1CCC(CN)C1.Cl. The Morgan fingerprint density at radius 1 is 1.46 bits per heavy atom. The van der Waals surface area contributed by atoms with E-state index < -0.39 is 10.0 Å². The van der Waals surface area contributed by atoms with Gasteiger partial charge in [0.2, 0.25) is 10.0 Å². The van der Waals surface area contributed by atoms with Crippen LogP contribution in [-0.2, 0) is 14.8 Å². The first kappa shape index (κ1) is 21.5. The molecule has 9 heteroatoms. The number of nitrogens with two attached hydrogens (primary N) is 1. The number of sulfonamides is 1. The smallest absolute Gasteiger partial charge is 0.246 e. The van der Waals surface area contributed by atoms with E-state index in [1.165, 1.54) is 10.4 Å². The molecule has 0 aliphatic carbocycles. The van der Waals surface area contributed by atoms with Gasteiger partial charge in [0.15, 0.2) is 0 Å². The Labute approximate surface area is 154 Å². The maximum absolute atomic E-state index is 12.9. The van der Waals surface area contributed by atoms with Crippen LogP contribution < -0.4 is 10.5 Å². The second-order valence-corrected chi connectivity index (χ2v) is 8.07. The number of nitrogens with zero attached hydrogens (tertiary/aromatic N) is 1. The van der Waals surface area contributed by atoms with E-state index >= 15 is 0 Å². The van der Waals surface area contributed by atoms with Crippen LogP contribution in [0.5, 0.6) is 5.75 Å². The molecular weight excluding hydrogens is 375 g/mol. The van der Waals surface area contributed by atoms with E-state index in [4.69, 9.17) is 26.8 Å². The van der Waals surface area contributed by atoms with Gasteiger partial charge in [0.05, 0.1) is 6.61 Å². The molecule has 2 rings (SSSR count). The van der Waals surface area contributed by atoms with Crippen molar-refractivity contribution in [2.24, 2.45) is 11.7 Å². The van der Waals surface area contributed by atoms with Crippen LogP contribution in [0.4, 0.5) is 0 Å². The van der Waals surface area contributed by atoms with Gasteiger partial charge in [-0.2, -0.15) is 4.31 Å². The fourth-order valence-corrected chi connectivity index (χ4v) is 4.53. The third kappa shape index (κ3) is 4.97. The molecule has 2 unspecified atom stereocenters. The van der Waals surface area contributed by atoms with Crippen LogP contribution in [0.1, 0.15) is 13.3 Å². The highest BCUT2D eigenvalue weighted by Crippen LogP contribution is 2.32. The monoisotopic (exact) mass is 398 g/mol. The van der Waals surface area contributed by atoms with Crippen molar-refractivity contribution in [2.45, 2.75) is 24.3 Å². The lowest BCUT2D eigenvalue weighted by molar-refractivity contribution is 0.0900. The summed E-state index contributed by atoms with van der Waals surface area (Å²) in [6.45, 7) is 3.55. The Balaban J connectivity index is 0.00000288. The number of methoxy groups -OCH3 is 1. The summed E-state index contributed by atoms with van der Waals surface area (Å²) >= 11 is 6.00. The lowest BCUT2D eigenvalue weighted by Gasteiger charge is -2.21. The van der Waals surface area contributed by atoms with Crippen molar-refractivity contribution in [3.05, 3.63) is 23.2 Å². The molecular formula is C15H24Cl2N2O4S. The molecule has 0 amide bonds. The van der Waals surface area contributed by atoms with Gasteiger partial charge in [0.1, 0.15) is 16.7 Å². The number of hydrogen-bond acceptors (Lipinski definition) is 5. The van der Waals surface area contributed by atoms with Gasteiger partial charge in [-0.3, -0.25) is 0 Å². The maximum atomic E-state index is 12.9. The molecule has 24 heavy (non-hydrogen) atoms. The number of hydrogen-bond donors (Lipinski definition) is 1. The summed E-state index contributed by atoms with van der Waals surface area (Å²) in [5.41, 5.74) is 5.65. The minimum atomic E-state index is -3.67. The van der Waals surface area contributed by atoms with Crippen LogP contribution in [0.15, 0.2) is 23.1 Å². The Bertz CT molecular complexity index is 642. The van der Waals surface area contributed by atoms with Crippen LogP contribution in [-0.4, -0.2) is 52.2 Å². The average molecular weight is 399 g/mol. The molecule has 1 aromatic carbocycles. The summed E-state index contributed by atoms with van der Waals surface area (Å²) < 4.78 is 38.1. The summed E-state index contributed by atoms with van der Waals surface area (Å²) in [4.78, 5) is 0.0885. The molecule has 2 N–H and O–H groups in total. The van der Waals surface area contributed by atoms with Gasteiger partial charge in [0.25, 0.3) is 0 Å². The number of benzene rings is 1. The molecule has 0 spiro atoms. The Morgan fingerprint density at radius 2 is 2.17 bits per heavy atom. The zero-order chi connectivity index (χ0) is 17.0. The first-order chi connectivity index (χ1) is 10.9. The van der Waals surface area contributed by atoms with Crippen molar-refractivity contribution < 1.29 is 17.9 Å². The molecule has 6 nitrogen and oxygen atoms in total. The highest BCUT2D eigenvalue weighted by molar-refractivity contribution is 7.89. The van der Waals surface area contributed by atoms with Gasteiger partial charge >= 0.3 is 0 Å². The zero-order valence-corrected chi connectivity index (χ0v) is 16.2. The van der Waals surface area contributed by atoms with E-state index in [-0.39, 0.29) is 35.1 Å². The molecule has 1 fully saturated rings. The average Bonchev–Trinajstić information content (AvgIpc) is 2.99. The standard InChI is InChI=1S/C15H23ClN2O4S.ClH/c1-11(10-21-2)22-14-4-3-13(16)7-15(14)23(19,20)18-6-5-12(8-17)9-18;/h3-4,7,11-12H,5-6,8-10,17H2,1-2H3;1H. The van der Waals surface area contributed by atoms with Gasteiger partial charge < -0.3 is 15.2 Å². The topological polar surface area (TPSA) is 81.9 Å².